The predicted octanol–water partition coefficient (Wildman–Crippen LogP) is -1.05. The molecule has 2 fully saturated rings. The van der Waals surface area contributed by atoms with Crippen LogP contribution >= 0.6 is 0 Å². The Hall–Kier alpha value is -1.59. The van der Waals surface area contributed by atoms with Crippen molar-refractivity contribution in [3.63, 3.8) is 0 Å². The largest absolute Gasteiger partial charge is 0.480 e. The van der Waals surface area contributed by atoms with Crippen LogP contribution in [0.1, 0.15) is 19.8 Å². The van der Waals surface area contributed by atoms with E-state index in [2.05, 4.69) is 5.32 Å². The predicted molar refractivity (Wildman–Crippen MR) is 48.9 cm³/mol. The normalized spacial score (nSPS) is 33.8. The van der Waals surface area contributed by atoms with Gasteiger partial charge in [0.15, 0.2) is 0 Å². The summed E-state index contributed by atoms with van der Waals surface area (Å²) in [5.41, 5.74) is -0.880. The highest BCUT2D eigenvalue weighted by Crippen LogP contribution is 2.37. The zero-order valence-electron chi connectivity index (χ0n) is 8.32. The van der Waals surface area contributed by atoms with Crippen LogP contribution in [0.4, 0.5) is 0 Å². The number of amides is 2. The van der Waals surface area contributed by atoms with E-state index >= 15 is 0 Å². The molecule has 2 amide bonds. The van der Waals surface area contributed by atoms with Gasteiger partial charge in [-0.2, -0.15) is 0 Å². The van der Waals surface area contributed by atoms with E-state index in [9.17, 15) is 14.4 Å². The lowest BCUT2D eigenvalue weighted by Gasteiger charge is -2.44. The van der Waals surface area contributed by atoms with E-state index in [1.807, 2.05) is 0 Å². The SMILES string of the molecule is CC(=O)N1C(C(=O)O)CCC12CNC2=O. The first-order valence-electron chi connectivity index (χ1n) is 4.80. The highest BCUT2D eigenvalue weighted by atomic mass is 16.4. The minimum atomic E-state index is -1.04. The third-order valence-electron chi connectivity index (χ3n) is 3.19. The van der Waals surface area contributed by atoms with Gasteiger partial charge in [-0.1, -0.05) is 0 Å². The Morgan fingerprint density at radius 1 is 1.60 bits per heavy atom. The molecule has 0 aromatic rings. The van der Waals surface area contributed by atoms with Gasteiger partial charge >= 0.3 is 5.97 Å². The molecule has 2 aliphatic heterocycles. The van der Waals surface area contributed by atoms with Gasteiger partial charge in [-0.3, -0.25) is 9.59 Å². The van der Waals surface area contributed by atoms with Gasteiger partial charge in [0.05, 0.1) is 6.54 Å². The van der Waals surface area contributed by atoms with Gasteiger partial charge in [0.2, 0.25) is 11.8 Å². The Balaban J connectivity index is 2.33. The van der Waals surface area contributed by atoms with Crippen molar-refractivity contribution >= 4 is 17.8 Å². The van der Waals surface area contributed by atoms with Crippen LogP contribution in [-0.4, -0.2) is 45.9 Å². The van der Waals surface area contributed by atoms with E-state index < -0.39 is 17.6 Å². The summed E-state index contributed by atoms with van der Waals surface area (Å²) in [6.45, 7) is 1.67. The van der Waals surface area contributed by atoms with Gasteiger partial charge in [-0.25, -0.2) is 4.79 Å². The summed E-state index contributed by atoms with van der Waals surface area (Å²) in [5, 5.41) is 11.5. The monoisotopic (exact) mass is 212 g/mol. The number of hydrogen-bond acceptors (Lipinski definition) is 3. The molecule has 15 heavy (non-hydrogen) atoms. The molecule has 2 atom stereocenters. The molecule has 2 saturated heterocycles. The Kier molecular flexibility index (Phi) is 1.95. The highest BCUT2D eigenvalue weighted by Gasteiger charge is 2.59. The number of carbonyl (C=O) groups excluding carboxylic acids is 2. The van der Waals surface area contributed by atoms with Crippen LogP contribution in [0.5, 0.6) is 0 Å². The third-order valence-corrected chi connectivity index (χ3v) is 3.19. The van der Waals surface area contributed by atoms with Crippen molar-refractivity contribution < 1.29 is 19.5 Å². The second-order valence-electron chi connectivity index (χ2n) is 4.00. The number of rotatable bonds is 1. The minimum Gasteiger partial charge on any atom is -0.480 e. The van der Waals surface area contributed by atoms with Crippen molar-refractivity contribution in [2.45, 2.75) is 31.3 Å². The number of nitrogens with one attached hydrogen (secondary N) is 1. The Morgan fingerprint density at radius 2 is 2.27 bits per heavy atom. The number of carboxylic acid groups (broad SMARTS) is 1. The lowest BCUT2D eigenvalue weighted by molar-refractivity contribution is -0.159. The number of hydrogen-bond donors (Lipinski definition) is 2. The molecule has 0 bridgehead atoms. The van der Waals surface area contributed by atoms with Gasteiger partial charge in [0, 0.05) is 6.92 Å². The summed E-state index contributed by atoms with van der Waals surface area (Å²) in [6, 6.07) is -0.853. The molecule has 82 valence electrons. The average molecular weight is 212 g/mol. The maximum atomic E-state index is 11.4. The second kappa shape index (κ2) is 2.95. The Bertz CT molecular complexity index is 354. The summed E-state index contributed by atoms with van der Waals surface area (Å²) < 4.78 is 0. The summed E-state index contributed by atoms with van der Waals surface area (Å²) in [5.74, 6) is -1.63. The first kappa shape index (κ1) is 9.95. The fourth-order valence-corrected chi connectivity index (χ4v) is 2.44. The van der Waals surface area contributed by atoms with Crippen LogP contribution in [0.3, 0.4) is 0 Å². The molecule has 2 rings (SSSR count). The summed E-state index contributed by atoms with van der Waals surface area (Å²) in [7, 11) is 0. The number of carboxylic acids is 1. The van der Waals surface area contributed by atoms with Gasteiger partial charge in [-0.15, -0.1) is 0 Å². The lowest BCUT2D eigenvalue weighted by atomic mass is 9.88. The molecule has 6 nitrogen and oxygen atoms in total. The summed E-state index contributed by atoms with van der Waals surface area (Å²) in [4.78, 5) is 35.0. The Morgan fingerprint density at radius 3 is 2.60 bits per heavy atom. The summed E-state index contributed by atoms with van der Waals surface area (Å²) >= 11 is 0. The fraction of sp³-hybridized carbons (Fsp3) is 0.667. The van der Waals surface area contributed by atoms with Crippen LogP contribution in [0.2, 0.25) is 0 Å². The van der Waals surface area contributed by atoms with Gasteiger partial charge in [0.25, 0.3) is 0 Å². The van der Waals surface area contributed by atoms with E-state index in [0.29, 0.717) is 19.4 Å². The molecule has 0 radical (unpaired) electrons. The molecule has 0 aliphatic carbocycles. The molecular formula is C9H12N2O4. The molecule has 2 N–H and O–H groups in total. The van der Waals surface area contributed by atoms with E-state index in [-0.39, 0.29) is 11.8 Å². The topological polar surface area (TPSA) is 86.7 Å². The maximum absolute atomic E-state index is 11.4. The first-order chi connectivity index (χ1) is 6.99. The maximum Gasteiger partial charge on any atom is 0.326 e. The smallest absolute Gasteiger partial charge is 0.326 e. The van der Waals surface area contributed by atoms with Crippen LogP contribution in [0.25, 0.3) is 0 Å². The van der Waals surface area contributed by atoms with Crippen LogP contribution in [-0.2, 0) is 14.4 Å². The fourth-order valence-electron chi connectivity index (χ4n) is 2.44. The molecule has 0 saturated carbocycles. The van der Waals surface area contributed by atoms with Crippen molar-refractivity contribution in [3.05, 3.63) is 0 Å². The third kappa shape index (κ3) is 1.14. The quantitative estimate of drug-likeness (QED) is 0.543. The number of β-lactam (4-membered cyclic amide) rings is 1. The van der Waals surface area contributed by atoms with Crippen LogP contribution < -0.4 is 5.32 Å². The van der Waals surface area contributed by atoms with E-state index in [1.165, 1.54) is 11.8 Å². The first-order valence-corrected chi connectivity index (χ1v) is 4.80. The molecule has 1 spiro atoms. The zero-order valence-corrected chi connectivity index (χ0v) is 8.32. The minimum absolute atomic E-state index is 0.235. The molecule has 6 heteroatoms. The molecule has 2 heterocycles. The molecular weight excluding hydrogens is 200 g/mol. The van der Waals surface area contributed by atoms with E-state index in [4.69, 9.17) is 5.11 Å². The van der Waals surface area contributed by atoms with Crippen molar-refractivity contribution in [1.82, 2.24) is 10.2 Å². The van der Waals surface area contributed by atoms with Crippen molar-refractivity contribution in [2.75, 3.05) is 6.54 Å². The van der Waals surface area contributed by atoms with Crippen molar-refractivity contribution in [3.8, 4) is 0 Å². The van der Waals surface area contributed by atoms with Gasteiger partial charge in [0.1, 0.15) is 11.6 Å². The summed E-state index contributed by atoms with van der Waals surface area (Å²) in [6.07, 6.45) is 0.789. The lowest BCUT2D eigenvalue weighted by Crippen LogP contribution is -2.72. The highest BCUT2D eigenvalue weighted by molar-refractivity contribution is 5.98. The van der Waals surface area contributed by atoms with Crippen molar-refractivity contribution in [1.29, 1.82) is 0 Å². The number of nitrogens with zero attached hydrogens (tertiary/aromatic N) is 1. The number of carbonyl (C=O) groups is 3. The number of aliphatic carboxylic acids is 1. The number of likely N-dealkylation sites (tertiary alicyclic amines) is 1. The molecule has 0 aromatic carbocycles. The van der Waals surface area contributed by atoms with E-state index in [0.717, 1.165) is 0 Å². The molecule has 2 aliphatic rings. The van der Waals surface area contributed by atoms with Crippen molar-refractivity contribution in [2.24, 2.45) is 0 Å². The van der Waals surface area contributed by atoms with Crippen LogP contribution in [0, 0.1) is 0 Å². The average Bonchev–Trinajstić information content (AvgIpc) is 2.57. The Labute approximate surface area is 86.2 Å². The standard InChI is InChI=1S/C9H12N2O4/c1-5(12)11-6(7(13)14)2-3-9(11)4-10-8(9)15/h6H,2-4H2,1H3,(H,10,15)(H,13,14). The van der Waals surface area contributed by atoms with Gasteiger partial charge in [-0.05, 0) is 12.8 Å². The van der Waals surface area contributed by atoms with E-state index in [1.54, 1.807) is 0 Å². The zero-order chi connectivity index (χ0) is 11.2. The molecule has 2 unspecified atom stereocenters. The second-order valence-corrected chi connectivity index (χ2v) is 4.00. The van der Waals surface area contributed by atoms with Gasteiger partial charge < -0.3 is 15.3 Å². The molecule has 0 aromatic heterocycles. The van der Waals surface area contributed by atoms with Crippen LogP contribution in [0.15, 0.2) is 0 Å².